The van der Waals surface area contributed by atoms with Crippen LogP contribution in [0.4, 0.5) is 4.79 Å². The van der Waals surface area contributed by atoms with Crippen molar-refractivity contribution in [2.24, 2.45) is 0 Å². The van der Waals surface area contributed by atoms with E-state index in [0.717, 1.165) is 16.7 Å². The third-order valence-electron chi connectivity index (χ3n) is 5.49. The third-order valence-corrected chi connectivity index (χ3v) is 5.49. The van der Waals surface area contributed by atoms with Crippen molar-refractivity contribution in [1.29, 1.82) is 5.26 Å². The van der Waals surface area contributed by atoms with E-state index in [0.29, 0.717) is 29.2 Å². The van der Waals surface area contributed by atoms with Gasteiger partial charge < -0.3 is 14.8 Å². The van der Waals surface area contributed by atoms with Crippen molar-refractivity contribution < 1.29 is 19.1 Å². The molecule has 1 aliphatic rings. The Hall–Kier alpha value is -4.57. The molecule has 0 spiro atoms. The summed E-state index contributed by atoms with van der Waals surface area (Å²) in [6.07, 6.45) is 1.62. The van der Waals surface area contributed by atoms with Crippen LogP contribution in [0.15, 0.2) is 72.4 Å². The summed E-state index contributed by atoms with van der Waals surface area (Å²) in [6.45, 7) is 4.67. The summed E-state index contributed by atoms with van der Waals surface area (Å²) in [5, 5.41) is 11.9. The Bertz CT molecular complexity index is 1340. The van der Waals surface area contributed by atoms with E-state index in [4.69, 9.17) is 9.47 Å². The molecule has 35 heavy (non-hydrogen) atoms. The second-order valence-electron chi connectivity index (χ2n) is 8.07. The van der Waals surface area contributed by atoms with Crippen molar-refractivity contribution in [2.45, 2.75) is 27.0 Å². The van der Waals surface area contributed by atoms with Gasteiger partial charge >= 0.3 is 6.03 Å². The highest BCUT2D eigenvalue weighted by Crippen LogP contribution is 2.31. The SMILES string of the molecule is CCOc1cc(/C=C2/NC(=O)N(Cc3cccc(C)c3)C2=O)ccc1OCc1ccccc1C#N. The van der Waals surface area contributed by atoms with Gasteiger partial charge in [-0.15, -0.1) is 0 Å². The van der Waals surface area contributed by atoms with Gasteiger partial charge in [-0.2, -0.15) is 5.26 Å². The van der Waals surface area contributed by atoms with Gasteiger partial charge in [0.25, 0.3) is 5.91 Å². The molecule has 0 bridgehead atoms. The van der Waals surface area contributed by atoms with Gasteiger partial charge in [0.15, 0.2) is 11.5 Å². The summed E-state index contributed by atoms with van der Waals surface area (Å²) in [5.41, 5.74) is 4.15. The molecule has 0 saturated carbocycles. The quantitative estimate of drug-likeness (QED) is 0.374. The summed E-state index contributed by atoms with van der Waals surface area (Å²) in [5.74, 6) is 0.636. The number of hydrogen-bond acceptors (Lipinski definition) is 5. The summed E-state index contributed by atoms with van der Waals surface area (Å²) in [6, 6.07) is 21.9. The normalized spacial score (nSPS) is 14.1. The van der Waals surface area contributed by atoms with Gasteiger partial charge in [0.2, 0.25) is 0 Å². The maximum absolute atomic E-state index is 12.9. The Balaban J connectivity index is 1.52. The first kappa shape index (κ1) is 23.6. The number of urea groups is 1. The lowest BCUT2D eigenvalue weighted by atomic mass is 10.1. The first-order valence-corrected chi connectivity index (χ1v) is 11.3. The zero-order chi connectivity index (χ0) is 24.8. The molecule has 0 aromatic heterocycles. The predicted octanol–water partition coefficient (Wildman–Crippen LogP) is 4.94. The van der Waals surface area contributed by atoms with Crippen molar-refractivity contribution in [1.82, 2.24) is 10.2 Å². The van der Waals surface area contributed by atoms with Crippen LogP contribution in [-0.2, 0) is 17.9 Å². The number of nitrogens with one attached hydrogen (secondary N) is 1. The van der Waals surface area contributed by atoms with E-state index in [1.54, 1.807) is 36.4 Å². The second kappa shape index (κ2) is 10.6. The van der Waals surface area contributed by atoms with E-state index < -0.39 is 6.03 Å². The molecule has 0 aliphatic carbocycles. The molecule has 4 rings (SSSR count). The minimum absolute atomic E-state index is 0.196. The summed E-state index contributed by atoms with van der Waals surface area (Å²) in [7, 11) is 0. The number of imide groups is 1. The Morgan fingerprint density at radius 2 is 1.83 bits per heavy atom. The largest absolute Gasteiger partial charge is 0.490 e. The van der Waals surface area contributed by atoms with E-state index in [1.165, 1.54) is 4.90 Å². The van der Waals surface area contributed by atoms with Crippen molar-refractivity contribution >= 4 is 18.0 Å². The van der Waals surface area contributed by atoms with Crippen LogP contribution in [0.2, 0.25) is 0 Å². The highest BCUT2D eigenvalue weighted by Gasteiger charge is 2.33. The van der Waals surface area contributed by atoms with Crippen LogP contribution < -0.4 is 14.8 Å². The molecule has 7 nitrogen and oxygen atoms in total. The molecular formula is C28H25N3O4. The number of ether oxygens (including phenoxy) is 2. The maximum Gasteiger partial charge on any atom is 0.329 e. The van der Waals surface area contributed by atoms with Crippen molar-refractivity contribution in [3.63, 3.8) is 0 Å². The Morgan fingerprint density at radius 3 is 2.60 bits per heavy atom. The van der Waals surface area contributed by atoms with Gasteiger partial charge in [-0.3, -0.25) is 9.69 Å². The molecule has 1 aliphatic heterocycles. The van der Waals surface area contributed by atoms with E-state index in [-0.39, 0.29) is 24.8 Å². The molecule has 7 heteroatoms. The van der Waals surface area contributed by atoms with Gasteiger partial charge in [-0.05, 0) is 49.2 Å². The summed E-state index contributed by atoms with van der Waals surface area (Å²) < 4.78 is 11.7. The molecule has 3 aromatic rings. The predicted molar refractivity (Wildman–Crippen MR) is 131 cm³/mol. The van der Waals surface area contributed by atoms with Crippen LogP contribution in [0.5, 0.6) is 11.5 Å². The zero-order valence-electron chi connectivity index (χ0n) is 19.6. The van der Waals surface area contributed by atoms with E-state index >= 15 is 0 Å². The number of amides is 3. The average Bonchev–Trinajstić information content (AvgIpc) is 3.11. The van der Waals surface area contributed by atoms with Crippen molar-refractivity contribution in [2.75, 3.05) is 6.61 Å². The number of carbonyl (C=O) groups excluding carboxylic acids is 2. The molecular weight excluding hydrogens is 442 g/mol. The fourth-order valence-electron chi connectivity index (χ4n) is 3.79. The number of nitriles is 1. The standard InChI is InChI=1S/C28H25N3O4/c1-3-34-26-15-20(11-12-25(26)35-18-23-10-5-4-9-22(23)16-29)14-24-27(32)31(28(33)30-24)17-21-8-6-7-19(2)13-21/h4-15H,3,17-18H2,1-2H3,(H,30,33)/b24-14+. The van der Waals surface area contributed by atoms with Gasteiger partial charge in [0, 0.05) is 5.56 Å². The summed E-state index contributed by atoms with van der Waals surface area (Å²) in [4.78, 5) is 26.5. The maximum atomic E-state index is 12.9. The number of rotatable bonds is 8. The molecule has 0 radical (unpaired) electrons. The van der Waals surface area contributed by atoms with Crippen LogP contribution in [0, 0.1) is 18.3 Å². The highest BCUT2D eigenvalue weighted by atomic mass is 16.5. The van der Waals surface area contributed by atoms with Crippen LogP contribution in [-0.4, -0.2) is 23.4 Å². The molecule has 3 amide bonds. The smallest absolute Gasteiger partial charge is 0.329 e. The molecule has 1 heterocycles. The van der Waals surface area contributed by atoms with Gasteiger partial charge in [0.1, 0.15) is 12.3 Å². The Labute approximate surface area is 204 Å². The topological polar surface area (TPSA) is 91.7 Å². The Morgan fingerprint density at radius 1 is 1.00 bits per heavy atom. The summed E-state index contributed by atoms with van der Waals surface area (Å²) >= 11 is 0. The van der Waals surface area contributed by atoms with Crippen LogP contribution >= 0.6 is 0 Å². The van der Waals surface area contributed by atoms with Crippen molar-refractivity contribution in [3.8, 4) is 17.6 Å². The molecule has 3 aromatic carbocycles. The highest BCUT2D eigenvalue weighted by molar-refractivity contribution is 6.13. The first-order valence-electron chi connectivity index (χ1n) is 11.3. The van der Waals surface area contributed by atoms with Crippen LogP contribution in [0.1, 0.15) is 34.7 Å². The lowest BCUT2D eigenvalue weighted by Crippen LogP contribution is -2.30. The minimum Gasteiger partial charge on any atom is -0.490 e. The van der Waals surface area contributed by atoms with Crippen molar-refractivity contribution in [3.05, 3.63) is 100 Å². The Kier molecular flexibility index (Phi) is 7.12. The monoisotopic (exact) mass is 467 g/mol. The lowest BCUT2D eigenvalue weighted by molar-refractivity contribution is -0.123. The van der Waals surface area contributed by atoms with E-state index in [2.05, 4.69) is 11.4 Å². The van der Waals surface area contributed by atoms with E-state index in [9.17, 15) is 14.9 Å². The van der Waals surface area contributed by atoms with E-state index in [1.807, 2.05) is 50.2 Å². The third kappa shape index (κ3) is 5.50. The van der Waals surface area contributed by atoms with Crippen LogP contribution in [0.3, 0.4) is 0 Å². The number of aryl methyl sites for hydroxylation is 1. The number of carbonyl (C=O) groups is 2. The minimum atomic E-state index is -0.455. The number of nitrogens with zero attached hydrogens (tertiary/aromatic N) is 2. The van der Waals surface area contributed by atoms with Crippen LogP contribution in [0.25, 0.3) is 6.08 Å². The number of benzene rings is 3. The fraction of sp³-hybridized carbons (Fsp3) is 0.179. The number of hydrogen-bond donors (Lipinski definition) is 1. The first-order chi connectivity index (χ1) is 17.0. The zero-order valence-corrected chi connectivity index (χ0v) is 19.6. The van der Waals surface area contributed by atoms with Gasteiger partial charge in [-0.1, -0.05) is 54.1 Å². The average molecular weight is 468 g/mol. The molecule has 1 fully saturated rings. The molecule has 0 atom stereocenters. The second-order valence-corrected chi connectivity index (χ2v) is 8.07. The fourth-order valence-corrected chi connectivity index (χ4v) is 3.79. The molecule has 1 saturated heterocycles. The lowest BCUT2D eigenvalue weighted by Gasteiger charge is -2.13. The molecule has 1 N–H and O–H groups in total. The molecule has 176 valence electrons. The van der Waals surface area contributed by atoms with Gasteiger partial charge in [0.05, 0.1) is 24.8 Å². The molecule has 0 unspecified atom stereocenters. The van der Waals surface area contributed by atoms with Gasteiger partial charge in [-0.25, -0.2) is 4.79 Å².